The zero-order valence-corrected chi connectivity index (χ0v) is 16.7. The Labute approximate surface area is 163 Å². The van der Waals surface area contributed by atoms with E-state index in [1.165, 1.54) is 5.30 Å². The fraction of sp³-hybridized carbons (Fsp3) is 0.217. The first-order chi connectivity index (χ1) is 13.2. The number of para-hydroxylation sites is 1. The van der Waals surface area contributed by atoms with E-state index < -0.39 is 6.10 Å². The summed E-state index contributed by atoms with van der Waals surface area (Å²) in [5.74, 6) is 0.887. The third-order valence-electron chi connectivity index (χ3n) is 4.63. The SMILES string of the molecule is COc1ccccc1-c1ccc(PCN[C@@H](C)[C@H](O)c2ccccc2)cc1. The quantitative estimate of drug-likeness (QED) is 0.572. The molecule has 3 nitrogen and oxygen atoms in total. The van der Waals surface area contributed by atoms with Gasteiger partial charge in [0.2, 0.25) is 0 Å². The Bertz CT molecular complexity index is 837. The largest absolute Gasteiger partial charge is 0.496 e. The molecule has 3 aromatic carbocycles. The average Bonchev–Trinajstić information content (AvgIpc) is 2.74. The number of aliphatic hydroxyl groups excluding tert-OH is 1. The van der Waals surface area contributed by atoms with Crippen LogP contribution in [0.2, 0.25) is 0 Å². The summed E-state index contributed by atoms with van der Waals surface area (Å²) in [6, 6.07) is 26.5. The number of rotatable bonds is 8. The number of hydrogen-bond donors (Lipinski definition) is 2. The van der Waals surface area contributed by atoms with E-state index in [1.54, 1.807) is 7.11 Å². The number of ether oxygens (including phenoxy) is 1. The minimum absolute atomic E-state index is 0.00718. The Morgan fingerprint density at radius 3 is 2.30 bits per heavy atom. The van der Waals surface area contributed by atoms with Crippen molar-refractivity contribution in [1.82, 2.24) is 5.32 Å². The van der Waals surface area contributed by atoms with Gasteiger partial charge in [-0.1, -0.05) is 81.4 Å². The Hall–Kier alpha value is -2.19. The van der Waals surface area contributed by atoms with Crippen LogP contribution in [0.3, 0.4) is 0 Å². The van der Waals surface area contributed by atoms with Crippen LogP contribution in [0.1, 0.15) is 18.6 Å². The maximum Gasteiger partial charge on any atom is 0.126 e. The lowest BCUT2D eigenvalue weighted by atomic mass is 10.0. The van der Waals surface area contributed by atoms with Gasteiger partial charge in [-0.15, -0.1) is 0 Å². The third kappa shape index (κ3) is 5.17. The van der Waals surface area contributed by atoms with Crippen LogP contribution in [0.15, 0.2) is 78.9 Å². The summed E-state index contributed by atoms with van der Waals surface area (Å²) < 4.78 is 5.45. The lowest BCUT2D eigenvalue weighted by Gasteiger charge is -2.20. The van der Waals surface area contributed by atoms with Crippen molar-refractivity contribution in [2.45, 2.75) is 19.1 Å². The zero-order valence-electron chi connectivity index (χ0n) is 15.7. The number of aliphatic hydroxyl groups is 1. The second-order valence-electron chi connectivity index (χ2n) is 6.48. The predicted molar refractivity (Wildman–Crippen MR) is 115 cm³/mol. The van der Waals surface area contributed by atoms with Crippen LogP contribution < -0.4 is 15.4 Å². The standard InChI is InChI=1S/C23H26NO2P/c1-17(23(25)19-8-4-3-5-9-19)24-16-27-20-14-12-18(13-15-20)21-10-6-7-11-22(21)26-2/h3-15,17,23-25,27H,16H2,1-2H3/t17-,23-/m0/s1. The minimum atomic E-state index is -0.496. The predicted octanol–water partition coefficient (Wildman–Crippen LogP) is 4.34. The van der Waals surface area contributed by atoms with Crippen LogP contribution in [-0.2, 0) is 0 Å². The van der Waals surface area contributed by atoms with E-state index in [0.29, 0.717) is 8.58 Å². The van der Waals surface area contributed by atoms with Gasteiger partial charge in [0, 0.05) is 17.9 Å². The van der Waals surface area contributed by atoms with Gasteiger partial charge >= 0.3 is 0 Å². The number of nitrogens with one attached hydrogen (secondary N) is 1. The molecule has 3 atom stereocenters. The molecule has 0 radical (unpaired) electrons. The van der Waals surface area contributed by atoms with Crippen molar-refractivity contribution in [1.29, 1.82) is 0 Å². The molecule has 3 aromatic rings. The van der Waals surface area contributed by atoms with Crippen molar-refractivity contribution >= 4 is 13.9 Å². The number of benzene rings is 3. The summed E-state index contributed by atoms with van der Waals surface area (Å²) >= 11 is 0. The number of hydrogen-bond acceptors (Lipinski definition) is 3. The molecule has 0 aromatic heterocycles. The van der Waals surface area contributed by atoms with Crippen molar-refractivity contribution in [3.8, 4) is 16.9 Å². The average molecular weight is 379 g/mol. The molecule has 2 N–H and O–H groups in total. The van der Waals surface area contributed by atoms with E-state index in [2.05, 4.69) is 35.6 Å². The van der Waals surface area contributed by atoms with Crippen LogP contribution in [0.25, 0.3) is 11.1 Å². The lowest BCUT2D eigenvalue weighted by molar-refractivity contribution is 0.139. The van der Waals surface area contributed by atoms with Gasteiger partial charge in [-0.25, -0.2) is 0 Å². The van der Waals surface area contributed by atoms with Gasteiger partial charge in [0.05, 0.1) is 13.2 Å². The van der Waals surface area contributed by atoms with Crippen molar-refractivity contribution < 1.29 is 9.84 Å². The van der Waals surface area contributed by atoms with Gasteiger partial charge in [-0.2, -0.15) is 0 Å². The summed E-state index contributed by atoms with van der Waals surface area (Å²) in [5.41, 5.74) is 3.21. The van der Waals surface area contributed by atoms with Gasteiger partial charge in [0.1, 0.15) is 5.75 Å². The normalized spacial score (nSPS) is 13.6. The molecule has 0 saturated carbocycles. The van der Waals surface area contributed by atoms with E-state index in [9.17, 15) is 5.11 Å². The van der Waals surface area contributed by atoms with E-state index in [0.717, 1.165) is 28.7 Å². The molecule has 4 heteroatoms. The Morgan fingerprint density at radius 2 is 1.59 bits per heavy atom. The first kappa shape index (κ1) is 19.6. The zero-order chi connectivity index (χ0) is 19.1. The highest BCUT2D eigenvalue weighted by Crippen LogP contribution is 2.29. The molecular weight excluding hydrogens is 353 g/mol. The first-order valence-electron chi connectivity index (χ1n) is 9.13. The molecule has 0 aliphatic carbocycles. The van der Waals surface area contributed by atoms with E-state index in [-0.39, 0.29) is 6.04 Å². The summed E-state index contributed by atoms with van der Waals surface area (Å²) in [5, 5.41) is 15.2. The molecular formula is C23H26NO2P. The minimum Gasteiger partial charge on any atom is -0.496 e. The van der Waals surface area contributed by atoms with Gasteiger partial charge < -0.3 is 15.2 Å². The Kier molecular flexibility index (Phi) is 7.00. The second-order valence-corrected chi connectivity index (χ2v) is 7.76. The van der Waals surface area contributed by atoms with E-state index >= 15 is 0 Å². The van der Waals surface area contributed by atoms with Crippen LogP contribution in [0, 0.1) is 0 Å². The molecule has 0 bridgehead atoms. The maximum atomic E-state index is 10.4. The van der Waals surface area contributed by atoms with Crippen LogP contribution in [-0.4, -0.2) is 24.5 Å². The summed E-state index contributed by atoms with van der Waals surface area (Å²) in [4.78, 5) is 0. The second kappa shape index (κ2) is 9.66. The molecule has 0 aliphatic heterocycles. The van der Waals surface area contributed by atoms with Gasteiger partial charge in [-0.3, -0.25) is 0 Å². The molecule has 0 spiro atoms. The molecule has 0 aliphatic rings. The fourth-order valence-electron chi connectivity index (χ4n) is 3.02. The Morgan fingerprint density at radius 1 is 0.926 bits per heavy atom. The number of methoxy groups -OCH3 is 1. The van der Waals surface area contributed by atoms with Crippen LogP contribution in [0.4, 0.5) is 0 Å². The first-order valence-corrected chi connectivity index (χ1v) is 10.3. The topological polar surface area (TPSA) is 41.5 Å². The summed E-state index contributed by atoms with van der Waals surface area (Å²) in [7, 11) is 2.35. The highest BCUT2D eigenvalue weighted by molar-refractivity contribution is 7.47. The van der Waals surface area contributed by atoms with Crippen molar-refractivity contribution in [2.24, 2.45) is 0 Å². The molecule has 0 saturated heterocycles. The molecule has 0 heterocycles. The highest BCUT2D eigenvalue weighted by atomic mass is 31.1. The monoisotopic (exact) mass is 379 g/mol. The Balaban J connectivity index is 1.55. The van der Waals surface area contributed by atoms with Gasteiger partial charge in [-0.05, 0) is 29.4 Å². The lowest BCUT2D eigenvalue weighted by Crippen LogP contribution is -2.32. The summed E-state index contributed by atoms with van der Waals surface area (Å²) in [6.07, 6.45) is 0.350. The summed E-state index contributed by atoms with van der Waals surface area (Å²) in [6.45, 7) is 2.02. The van der Waals surface area contributed by atoms with E-state index in [4.69, 9.17) is 4.74 Å². The molecule has 3 rings (SSSR count). The fourth-order valence-corrected chi connectivity index (χ4v) is 4.05. The maximum absolute atomic E-state index is 10.4. The van der Waals surface area contributed by atoms with Gasteiger partial charge in [0.25, 0.3) is 0 Å². The van der Waals surface area contributed by atoms with Crippen molar-refractivity contribution in [3.05, 3.63) is 84.4 Å². The molecule has 0 amide bonds. The molecule has 1 unspecified atom stereocenters. The molecule has 0 fully saturated rings. The third-order valence-corrected chi connectivity index (χ3v) is 5.76. The van der Waals surface area contributed by atoms with Crippen LogP contribution >= 0.6 is 8.58 Å². The van der Waals surface area contributed by atoms with Crippen LogP contribution in [0.5, 0.6) is 5.75 Å². The smallest absolute Gasteiger partial charge is 0.126 e. The molecule has 140 valence electrons. The highest BCUT2D eigenvalue weighted by Gasteiger charge is 2.15. The molecule has 27 heavy (non-hydrogen) atoms. The van der Waals surface area contributed by atoms with Crippen molar-refractivity contribution in [3.63, 3.8) is 0 Å². The van der Waals surface area contributed by atoms with Gasteiger partial charge in [0.15, 0.2) is 0 Å². The van der Waals surface area contributed by atoms with E-state index in [1.807, 2.05) is 55.5 Å². The van der Waals surface area contributed by atoms with Crippen molar-refractivity contribution in [2.75, 3.05) is 13.4 Å².